The lowest BCUT2D eigenvalue weighted by Gasteiger charge is -2.17. The molecule has 96 valence electrons. The van der Waals surface area contributed by atoms with Crippen LogP contribution in [0.3, 0.4) is 0 Å². The SMILES string of the molecule is CCc1nc(Cc2ccccc2)sc1C(C)(C)C. The molecule has 0 aliphatic rings. The van der Waals surface area contributed by atoms with E-state index < -0.39 is 0 Å². The van der Waals surface area contributed by atoms with E-state index in [2.05, 4.69) is 58.0 Å². The molecule has 1 aromatic carbocycles. The second kappa shape index (κ2) is 5.23. The van der Waals surface area contributed by atoms with E-state index in [-0.39, 0.29) is 5.41 Å². The predicted molar refractivity (Wildman–Crippen MR) is 79.4 cm³/mol. The molecule has 0 aliphatic heterocycles. The highest BCUT2D eigenvalue weighted by Crippen LogP contribution is 2.32. The molecule has 0 aliphatic carbocycles. The highest BCUT2D eigenvalue weighted by Gasteiger charge is 2.21. The van der Waals surface area contributed by atoms with Crippen molar-refractivity contribution in [2.24, 2.45) is 0 Å². The van der Waals surface area contributed by atoms with Crippen molar-refractivity contribution in [3.63, 3.8) is 0 Å². The lowest BCUT2D eigenvalue weighted by Crippen LogP contribution is -2.11. The van der Waals surface area contributed by atoms with Crippen molar-refractivity contribution >= 4 is 11.3 Å². The average Bonchev–Trinajstić information content (AvgIpc) is 2.73. The van der Waals surface area contributed by atoms with Gasteiger partial charge in [0.1, 0.15) is 0 Å². The monoisotopic (exact) mass is 259 g/mol. The molecule has 0 amide bonds. The van der Waals surface area contributed by atoms with Gasteiger partial charge in [0.05, 0.1) is 10.7 Å². The number of hydrogen-bond acceptors (Lipinski definition) is 2. The Kier molecular flexibility index (Phi) is 3.86. The van der Waals surface area contributed by atoms with Crippen molar-refractivity contribution in [1.29, 1.82) is 0 Å². The number of thiazole rings is 1. The first-order valence-electron chi connectivity index (χ1n) is 6.53. The Labute approximate surface area is 114 Å². The zero-order chi connectivity index (χ0) is 13.2. The lowest BCUT2D eigenvalue weighted by molar-refractivity contribution is 0.595. The fraction of sp³-hybridized carbons (Fsp3) is 0.438. The lowest BCUT2D eigenvalue weighted by atomic mass is 9.93. The second-order valence-corrected chi connectivity index (χ2v) is 6.73. The van der Waals surface area contributed by atoms with E-state index in [1.54, 1.807) is 0 Å². The van der Waals surface area contributed by atoms with Crippen molar-refractivity contribution in [3.05, 3.63) is 51.5 Å². The molecule has 0 saturated carbocycles. The number of aromatic nitrogens is 1. The van der Waals surface area contributed by atoms with E-state index in [1.807, 2.05) is 11.3 Å². The highest BCUT2D eigenvalue weighted by molar-refractivity contribution is 7.12. The first-order chi connectivity index (χ1) is 8.50. The highest BCUT2D eigenvalue weighted by atomic mass is 32.1. The molecule has 1 heterocycles. The first-order valence-corrected chi connectivity index (χ1v) is 7.35. The smallest absolute Gasteiger partial charge is 0.0975 e. The van der Waals surface area contributed by atoms with Crippen LogP contribution in [0.1, 0.15) is 48.8 Å². The molecule has 0 bridgehead atoms. The molecule has 0 atom stereocenters. The molecule has 18 heavy (non-hydrogen) atoms. The van der Waals surface area contributed by atoms with Crippen LogP contribution in [0.25, 0.3) is 0 Å². The Balaban J connectivity index is 2.28. The zero-order valence-electron chi connectivity index (χ0n) is 11.7. The molecule has 1 aromatic heterocycles. The summed E-state index contributed by atoms with van der Waals surface area (Å²) in [7, 11) is 0. The van der Waals surface area contributed by atoms with Crippen LogP contribution in [-0.2, 0) is 18.3 Å². The summed E-state index contributed by atoms with van der Waals surface area (Å²) in [4.78, 5) is 6.25. The summed E-state index contributed by atoms with van der Waals surface area (Å²) >= 11 is 1.87. The van der Waals surface area contributed by atoms with Crippen LogP contribution in [0.4, 0.5) is 0 Å². The van der Waals surface area contributed by atoms with Gasteiger partial charge in [-0.15, -0.1) is 11.3 Å². The van der Waals surface area contributed by atoms with E-state index in [0.29, 0.717) is 0 Å². The fourth-order valence-corrected chi connectivity index (χ4v) is 3.32. The first kappa shape index (κ1) is 13.3. The normalized spacial score (nSPS) is 11.8. The van der Waals surface area contributed by atoms with Crippen LogP contribution in [0.15, 0.2) is 30.3 Å². The predicted octanol–water partition coefficient (Wildman–Crippen LogP) is 4.59. The molecule has 0 unspecified atom stereocenters. The third-order valence-electron chi connectivity index (χ3n) is 2.96. The van der Waals surface area contributed by atoms with Gasteiger partial charge in [-0.2, -0.15) is 0 Å². The molecule has 0 radical (unpaired) electrons. The van der Waals surface area contributed by atoms with Gasteiger partial charge in [-0.3, -0.25) is 0 Å². The molecule has 2 rings (SSSR count). The summed E-state index contributed by atoms with van der Waals surface area (Å²) < 4.78 is 0. The fourth-order valence-electron chi connectivity index (χ4n) is 2.07. The van der Waals surface area contributed by atoms with E-state index in [0.717, 1.165) is 12.8 Å². The van der Waals surface area contributed by atoms with E-state index in [4.69, 9.17) is 4.98 Å². The van der Waals surface area contributed by atoms with Gasteiger partial charge in [-0.05, 0) is 17.4 Å². The molecule has 1 nitrogen and oxygen atoms in total. The third-order valence-corrected chi connectivity index (χ3v) is 4.48. The summed E-state index contributed by atoms with van der Waals surface area (Å²) in [6.07, 6.45) is 1.98. The van der Waals surface area contributed by atoms with Gasteiger partial charge in [-0.1, -0.05) is 58.0 Å². The van der Waals surface area contributed by atoms with Gasteiger partial charge in [0.2, 0.25) is 0 Å². The Morgan fingerprint density at radius 1 is 1.11 bits per heavy atom. The second-order valence-electron chi connectivity index (χ2n) is 5.65. The minimum atomic E-state index is 0.206. The maximum atomic E-state index is 4.81. The van der Waals surface area contributed by atoms with Crippen LogP contribution in [0.5, 0.6) is 0 Å². The average molecular weight is 259 g/mol. The topological polar surface area (TPSA) is 12.9 Å². The summed E-state index contributed by atoms with van der Waals surface area (Å²) in [5, 5.41) is 1.24. The number of hydrogen-bond donors (Lipinski definition) is 0. The molecule has 0 fully saturated rings. The molecule has 0 N–H and O–H groups in total. The van der Waals surface area contributed by atoms with Gasteiger partial charge in [0, 0.05) is 11.3 Å². The minimum Gasteiger partial charge on any atom is -0.246 e. The standard InChI is InChI=1S/C16H21NS/c1-5-13-15(16(2,3)4)18-14(17-13)11-12-9-7-6-8-10-12/h6-10H,5,11H2,1-4H3. The van der Waals surface area contributed by atoms with Gasteiger partial charge in [0.15, 0.2) is 0 Å². The summed E-state index contributed by atoms with van der Waals surface area (Å²) in [6.45, 7) is 9.00. The van der Waals surface area contributed by atoms with Gasteiger partial charge in [-0.25, -0.2) is 4.98 Å². The molecule has 2 aromatic rings. The van der Waals surface area contributed by atoms with Gasteiger partial charge in [0.25, 0.3) is 0 Å². The van der Waals surface area contributed by atoms with E-state index in [1.165, 1.54) is 21.1 Å². The Morgan fingerprint density at radius 2 is 1.78 bits per heavy atom. The van der Waals surface area contributed by atoms with Crippen molar-refractivity contribution in [1.82, 2.24) is 4.98 Å². The number of aryl methyl sites for hydroxylation is 1. The quantitative estimate of drug-likeness (QED) is 0.785. The number of nitrogens with zero attached hydrogens (tertiary/aromatic N) is 1. The van der Waals surface area contributed by atoms with Crippen molar-refractivity contribution in [2.45, 2.75) is 46.0 Å². The van der Waals surface area contributed by atoms with E-state index in [9.17, 15) is 0 Å². The van der Waals surface area contributed by atoms with Crippen molar-refractivity contribution in [3.8, 4) is 0 Å². The van der Waals surface area contributed by atoms with Crippen molar-refractivity contribution < 1.29 is 0 Å². The zero-order valence-corrected chi connectivity index (χ0v) is 12.5. The molecule has 2 heteroatoms. The molecule has 0 spiro atoms. The summed E-state index contributed by atoms with van der Waals surface area (Å²) in [5.41, 5.74) is 2.82. The van der Waals surface area contributed by atoms with E-state index >= 15 is 0 Å². The molecular weight excluding hydrogens is 238 g/mol. The Morgan fingerprint density at radius 3 is 2.28 bits per heavy atom. The maximum Gasteiger partial charge on any atom is 0.0975 e. The number of rotatable bonds is 3. The third kappa shape index (κ3) is 2.99. The molecule has 0 saturated heterocycles. The Bertz CT molecular complexity index is 506. The number of benzene rings is 1. The van der Waals surface area contributed by atoms with Gasteiger partial charge >= 0.3 is 0 Å². The Hall–Kier alpha value is -1.15. The van der Waals surface area contributed by atoms with Crippen LogP contribution in [-0.4, -0.2) is 4.98 Å². The maximum absolute atomic E-state index is 4.81. The van der Waals surface area contributed by atoms with Crippen LogP contribution in [0, 0.1) is 0 Å². The van der Waals surface area contributed by atoms with Crippen LogP contribution < -0.4 is 0 Å². The summed E-state index contributed by atoms with van der Waals surface area (Å²) in [5.74, 6) is 0. The largest absolute Gasteiger partial charge is 0.246 e. The van der Waals surface area contributed by atoms with Gasteiger partial charge < -0.3 is 0 Å². The van der Waals surface area contributed by atoms with Crippen LogP contribution >= 0.6 is 11.3 Å². The molecular formula is C16H21NS. The van der Waals surface area contributed by atoms with Crippen LogP contribution in [0.2, 0.25) is 0 Å². The summed E-state index contributed by atoms with van der Waals surface area (Å²) in [6, 6.07) is 10.6. The minimum absolute atomic E-state index is 0.206. The van der Waals surface area contributed by atoms with Crippen molar-refractivity contribution in [2.75, 3.05) is 0 Å².